The maximum absolute atomic E-state index is 12.1. The summed E-state index contributed by atoms with van der Waals surface area (Å²) in [5.74, 6) is -0.367. The lowest BCUT2D eigenvalue weighted by Crippen LogP contribution is -2.50. The summed E-state index contributed by atoms with van der Waals surface area (Å²) in [6.45, 7) is 4.23. The molecule has 1 amide bonds. The van der Waals surface area contributed by atoms with Crippen molar-refractivity contribution in [2.24, 2.45) is 11.3 Å². The van der Waals surface area contributed by atoms with Gasteiger partial charge in [0.25, 0.3) is 0 Å². The van der Waals surface area contributed by atoms with Crippen LogP contribution in [0.25, 0.3) is 0 Å². The molecular formula is C12H21F3N2O2. The van der Waals surface area contributed by atoms with Crippen molar-refractivity contribution < 1.29 is 23.1 Å². The van der Waals surface area contributed by atoms with Gasteiger partial charge in [0.1, 0.15) is 0 Å². The molecule has 1 aliphatic rings. The van der Waals surface area contributed by atoms with Crippen molar-refractivity contribution in [2.45, 2.75) is 39.0 Å². The van der Waals surface area contributed by atoms with E-state index >= 15 is 0 Å². The molecule has 112 valence electrons. The first-order chi connectivity index (χ1) is 8.65. The Labute approximate surface area is 110 Å². The number of nitrogens with one attached hydrogen (secondary N) is 2. The van der Waals surface area contributed by atoms with Crippen molar-refractivity contribution in [1.29, 1.82) is 0 Å². The maximum Gasteiger partial charge on any atom is 0.416 e. The Morgan fingerprint density at radius 3 is 2.58 bits per heavy atom. The highest BCUT2D eigenvalue weighted by atomic mass is 19.4. The normalized spacial score (nSPS) is 22.9. The number of rotatable bonds is 4. The monoisotopic (exact) mass is 282 g/mol. The van der Waals surface area contributed by atoms with E-state index in [9.17, 15) is 18.0 Å². The molecule has 0 bridgehead atoms. The first-order valence-electron chi connectivity index (χ1n) is 6.39. The topological polar surface area (TPSA) is 61.4 Å². The minimum absolute atomic E-state index is 0.0873. The highest BCUT2D eigenvalue weighted by molar-refractivity contribution is 5.82. The van der Waals surface area contributed by atoms with E-state index < -0.39 is 30.1 Å². The van der Waals surface area contributed by atoms with E-state index in [1.807, 2.05) is 0 Å². The second-order valence-corrected chi connectivity index (χ2v) is 5.53. The number of aliphatic hydroxyl groups is 1. The molecule has 1 rings (SSSR count). The summed E-state index contributed by atoms with van der Waals surface area (Å²) >= 11 is 0. The zero-order valence-corrected chi connectivity index (χ0v) is 11.2. The van der Waals surface area contributed by atoms with Gasteiger partial charge in [-0.25, -0.2) is 0 Å². The molecule has 1 heterocycles. The highest BCUT2D eigenvalue weighted by Gasteiger charge is 2.41. The number of hydrogen-bond acceptors (Lipinski definition) is 3. The van der Waals surface area contributed by atoms with Crippen LogP contribution in [0, 0.1) is 11.3 Å². The average molecular weight is 282 g/mol. The average Bonchev–Trinajstić information content (AvgIpc) is 2.35. The van der Waals surface area contributed by atoms with Gasteiger partial charge in [-0.05, 0) is 31.8 Å². The predicted octanol–water partition coefficient (Wildman–Crippen LogP) is 1.05. The summed E-state index contributed by atoms with van der Waals surface area (Å²) in [5, 5.41) is 14.2. The molecule has 0 aromatic carbocycles. The Balaban J connectivity index is 2.51. The van der Waals surface area contributed by atoms with E-state index in [4.69, 9.17) is 5.11 Å². The number of halogens is 3. The quantitative estimate of drug-likeness (QED) is 0.722. The molecule has 0 spiro atoms. The molecule has 7 heteroatoms. The largest absolute Gasteiger partial charge is 0.416 e. The Morgan fingerprint density at radius 1 is 1.47 bits per heavy atom. The Morgan fingerprint density at radius 2 is 2.11 bits per heavy atom. The standard InChI is InChI=1S/C12H21F3N2O2/c1-11(2,8-4-3-5-16-6-8)10(19)17-7-9(18)12(13,14)15/h8-9,16,18H,3-7H2,1-2H3,(H,17,19). The molecule has 4 nitrogen and oxygen atoms in total. The van der Waals surface area contributed by atoms with E-state index in [1.165, 1.54) is 0 Å². The fraction of sp³-hybridized carbons (Fsp3) is 0.917. The Kier molecular flexibility index (Phi) is 5.20. The molecule has 0 aliphatic carbocycles. The predicted molar refractivity (Wildman–Crippen MR) is 64.4 cm³/mol. The highest BCUT2D eigenvalue weighted by Crippen LogP contribution is 2.32. The first-order valence-corrected chi connectivity index (χ1v) is 6.39. The van der Waals surface area contributed by atoms with Crippen LogP contribution in [0.5, 0.6) is 0 Å². The molecule has 3 N–H and O–H groups in total. The number of carbonyl (C=O) groups excluding carboxylic acids is 1. The van der Waals surface area contributed by atoms with E-state index in [1.54, 1.807) is 13.8 Å². The van der Waals surface area contributed by atoms with Crippen LogP contribution in [0.1, 0.15) is 26.7 Å². The summed E-state index contributed by atoms with van der Waals surface area (Å²) < 4.78 is 36.4. The smallest absolute Gasteiger partial charge is 0.382 e. The second-order valence-electron chi connectivity index (χ2n) is 5.53. The second kappa shape index (κ2) is 6.09. The summed E-state index contributed by atoms with van der Waals surface area (Å²) in [4.78, 5) is 12.0. The van der Waals surface area contributed by atoms with Gasteiger partial charge in [-0.1, -0.05) is 13.8 Å². The molecule has 2 unspecified atom stereocenters. The first kappa shape index (κ1) is 16.2. The summed E-state index contributed by atoms with van der Waals surface area (Å²) in [7, 11) is 0. The fourth-order valence-electron chi connectivity index (χ4n) is 2.19. The van der Waals surface area contributed by atoms with Gasteiger partial charge < -0.3 is 15.7 Å². The minimum Gasteiger partial charge on any atom is -0.382 e. The van der Waals surface area contributed by atoms with Crippen molar-refractivity contribution in [3.8, 4) is 0 Å². The molecule has 0 aromatic rings. The van der Waals surface area contributed by atoms with Crippen molar-refractivity contribution in [3.05, 3.63) is 0 Å². The molecular weight excluding hydrogens is 261 g/mol. The Bertz CT molecular complexity index is 313. The zero-order chi connectivity index (χ0) is 14.7. The third kappa shape index (κ3) is 4.35. The molecule has 2 atom stereocenters. The van der Waals surface area contributed by atoms with Gasteiger partial charge in [0.15, 0.2) is 6.10 Å². The summed E-state index contributed by atoms with van der Waals surface area (Å²) in [6, 6.07) is 0. The van der Waals surface area contributed by atoms with E-state index in [0.29, 0.717) is 6.54 Å². The third-order valence-electron chi connectivity index (χ3n) is 3.74. The van der Waals surface area contributed by atoms with E-state index in [-0.39, 0.29) is 5.92 Å². The van der Waals surface area contributed by atoms with Gasteiger partial charge in [-0.3, -0.25) is 4.79 Å². The number of amides is 1. The van der Waals surface area contributed by atoms with Crippen LogP contribution in [0.15, 0.2) is 0 Å². The number of aliphatic hydroxyl groups excluding tert-OH is 1. The fourth-order valence-corrected chi connectivity index (χ4v) is 2.19. The minimum atomic E-state index is -4.70. The van der Waals surface area contributed by atoms with Crippen molar-refractivity contribution in [3.63, 3.8) is 0 Å². The zero-order valence-electron chi connectivity index (χ0n) is 11.2. The van der Waals surface area contributed by atoms with Crippen molar-refractivity contribution >= 4 is 5.91 Å². The molecule has 0 radical (unpaired) electrons. The van der Waals surface area contributed by atoms with Crippen LogP contribution < -0.4 is 10.6 Å². The lowest BCUT2D eigenvalue weighted by molar-refractivity contribution is -0.202. The summed E-state index contributed by atoms with van der Waals surface area (Å²) in [5.41, 5.74) is -0.751. The van der Waals surface area contributed by atoms with Crippen LogP contribution in [0.3, 0.4) is 0 Å². The number of hydrogen-bond donors (Lipinski definition) is 3. The number of piperidine rings is 1. The molecule has 1 aliphatic heterocycles. The van der Waals surface area contributed by atoms with E-state index in [2.05, 4.69) is 10.6 Å². The SMILES string of the molecule is CC(C)(C(=O)NCC(O)C(F)(F)F)C1CCCNC1. The number of alkyl halides is 3. The van der Waals surface area contributed by atoms with Gasteiger partial charge in [-0.2, -0.15) is 13.2 Å². The third-order valence-corrected chi connectivity index (χ3v) is 3.74. The van der Waals surface area contributed by atoms with Crippen LogP contribution in [-0.4, -0.2) is 42.9 Å². The van der Waals surface area contributed by atoms with Crippen LogP contribution >= 0.6 is 0 Å². The van der Waals surface area contributed by atoms with Crippen LogP contribution in [0.4, 0.5) is 13.2 Å². The van der Waals surface area contributed by atoms with Gasteiger partial charge in [0.2, 0.25) is 5.91 Å². The van der Waals surface area contributed by atoms with Crippen LogP contribution in [0.2, 0.25) is 0 Å². The number of carbonyl (C=O) groups is 1. The van der Waals surface area contributed by atoms with Gasteiger partial charge >= 0.3 is 6.18 Å². The van der Waals surface area contributed by atoms with Gasteiger partial charge in [-0.15, -0.1) is 0 Å². The molecule has 1 saturated heterocycles. The van der Waals surface area contributed by atoms with Crippen molar-refractivity contribution in [2.75, 3.05) is 19.6 Å². The molecule has 0 aromatic heterocycles. The molecule has 1 fully saturated rings. The molecule has 0 saturated carbocycles. The summed E-state index contributed by atoms with van der Waals surface area (Å²) in [6.07, 6.45) is -5.40. The van der Waals surface area contributed by atoms with E-state index in [0.717, 1.165) is 19.4 Å². The Hall–Kier alpha value is -0.820. The van der Waals surface area contributed by atoms with Gasteiger partial charge in [0, 0.05) is 5.41 Å². The molecule has 19 heavy (non-hydrogen) atoms. The lowest BCUT2D eigenvalue weighted by atomic mass is 9.74. The lowest BCUT2D eigenvalue weighted by Gasteiger charge is -2.36. The van der Waals surface area contributed by atoms with Crippen molar-refractivity contribution in [1.82, 2.24) is 10.6 Å². The maximum atomic E-state index is 12.1. The van der Waals surface area contributed by atoms with Gasteiger partial charge in [0.05, 0.1) is 6.54 Å². The van der Waals surface area contributed by atoms with Crippen LogP contribution in [-0.2, 0) is 4.79 Å².